The van der Waals surface area contributed by atoms with E-state index in [0.717, 1.165) is 38.0 Å². The van der Waals surface area contributed by atoms with Gasteiger partial charge in [0.1, 0.15) is 46.5 Å². The number of anilines is 1. The fourth-order valence-electron chi connectivity index (χ4n) is 13.5. The number of halogens is 7. The van der Waals surface area contributed by atoms with Crippen LogP contribution in [0.15, 0.2) is 235 Å². The molecular weight excluding hydrogens is 2070 g/mol. The number of carbonyl (C=O) groups excluding carboxylic acids is 5. The van der Waals surface area contributed by atoms with Gasteiger partial charge < -0.3 is 72.7 Å². The number of methoxy groups -OCH3 is 7. The summed E-state index contributed by atoms with van der Waals surface area (Å²) >= 11 is 16.3. The molecule has 3 aliphatic rings. The minimum Gasteiger partial charge on any atom is -1.00 e. The number of likely N-dealkylation sites (tertiary alicyclic amines) is 1. The summed E-state index contributed by atoms with van der Waals surface area (Å²) in [5.74, 6) is -0.667. The number of Topliss-reactive ketones (excluding diaryl/α,β-unsaturated/α-hetero) is 2. The number of hydrogen-bond acceptors (Lipinski definition) is 22. The third-order valence-electron chi connectivity index (χ3n) is 20.4. The Labute approximate surface area is 857 Å². The van der Waals surface area contributed by atoms with Gasteiger partial charge >= 0.3 is 29.0 Å². The molecule has 0 radical (unpaired) electrons. The topological polar surface area (TPSA) is 277 Å². The van der Waals surface area contributed by atoms with Crippen LogP contribution in [0.1, 0.15) is 212 Å². The van der Waals surface area contributed by atoms with E-state index < -0.39 is 0 Å². The molecule has 32 heteroatoms. The average Bonchev–Trinajstić information content (AvgIpc) is 1.78. The zero-order valence-corrected chi connectivity index (χ0v) is 91.1. The van der Waals surface area contributed by atoms with Gasteiger partial charge in [0.2, 0.25) is 5.91 Å². The molecule has 9 aromatic rings. The number of amides is 1. The van der Waals surface area contributed by atoms with E-state index in [0.29, 0.717) is 76.9 Å². The summed E-state index contributed by atoms with van der Waals surface area (Å²) in [5, 5.41) is 5.61. The summed E-state index contributed by atoms with van der Waals surface area (Å²) in [5.41, 5.74) is 18.1. The molecule has 3 fully saturated rings. The number of ether oxygens (including phenoxy) is 7. The predicted octanol–water partition coefficient (Wildman–Crippen LogP) is 21.1. The number of nitrogens with two attached hydrogens (primary N) is 1. The molecule has 5 aromatic carbocycles. The third kappa shape index (κ3) is 54.7. The zero-order valence-electron chi connectivity index (χ0n) is 80.1. The molecule has 1 amide bonds. The van der Waals surface area contributed by atoms with Crippen molar-refractivity contribution >= 4 is 151 Å². The van der Waals surface area contributed by atoms with Gasteiger partial charge in [-0.1, -0.05) is 198 Å². The first kappa shape index (κ1) is 127. The van der Waals surface area contributed by atoms with E-state index in [1.165, 1.54) is 145 Å². The van der Waals surface area contributed by atoms with Crippen molar-refractivity contribution in [2.45, 2.75) is 204 Å². The number of rotatable bonds is 31. The van der Waals surface area contributed by atoms with Gasteiger partial charge in [-0.05, 0) is 238 Å². The number of esters is 1. The van der Waals surface area contributed by atoms with E-state index in [-0.39, 0.29) is 110 Å². The Balaban J connectivity index is 0.00000149. The molecule has 728 valence electrons. The third-order valence-corrected chi connectivity index (χ3v) is 26.2. The second-order valence-corrected chi connectivity index (χ2v) is 36.5. The van der Waals surface area contributed by atoms with Gasteiger partial charge in [-0.3, -0.25) is 28.9 Å². The number of benzene rings is 5. The Bertz CT molecular complexity index is 4460. The molecule has 23 nitrogen and oxygen atoms in total. The molecule has 0 unspecified atom stereocenters. The van der Waals surface area contributed by atoms with Crippen molar-refractivity contribution in [2.24, 2.45) is 5.73 Å². The molecule has 1 aliphatic heterocycles. The molecule has 133 heavy (non-hydrogen) atoms. The Morgan fingerprint density at radius 2 is 0.925 bits per heavy atom. The van der Waals surface area contributed by atoms with Crippen molar-refractivity contribution < 1.29 is 83.6 Å². The molecule has 12 rings (SSSR count). The maximum absolute atomic E-state index is 12.5. The van der Waals surface area contributed by atoms with Crippen molar-refractivity contribution in [3.63, 3.8) is 0 Å². The van der Waals surface area contributed by atoms with Crippen LogP contribution in [0.4, 0.5) is 10.1 Å². The molecule has 2 saturated carbocycles. The van der Waals surface area contributed by atoms with Crippen LogP contribution in [0.5, 0.6) is 0 Å². The average molecular weight is 2210 g/mol. The van der Waals surface area contributed by atoms with Crippen molar-refractivity contribution in [3.8, 4) is 11.1 Å². The maximum Gasteiger partial charge on any atom is 2.00 e. The van der Waals surface area contributed by atoms with Gasteiger partial charge in [0.25, 0.3) is 0 Å². The number of pyridine rings is 4. The van der Waals surface area contributed by atoms with Crippen molar-refractivity contribution in [1.29, 1.82) is 0 Å². The van der Waals surface area contributed by atoms with Crippen LogP contribution in [-0.2, 0) is 57.2 Å². The fraction of sp³-hybridized carbons (Fsp3) is 0.446. The fourth-order valence-corrected chi connectivity index (χ4v) is 19.5. The van der Waals surface area contributed by atoms with E-state index in [1.807, 2.05) is 81.8 Å². The first-order valence-corrected chi connectivity index (χ1v) is 49.3. The first-order chi connectivity index (χ1) is 63.2. The van der Waals surface area contributed by atoms with Gasteiger partial charge in [0, 0.05) is 121 Å². The van der Waals surface area contributed by atoms with Gasteiger partial charge in [-0.25, -0.2) is 34.9 Å². The summed E-state index contributed by atoms with van der Waals surface area (Å²) in [6.45, 7) is 9.43. The summed E-state index contributed by atoms with van der Waals surface area (Å²) in [6, 6.07) is 71.2. The van der Waals surface area contributed by atoms with E-state index in [9.17, 15) is 28.4 Å². The van der Waals surface area contributed by atoms with Crippen LogP contribution in [-0.4, -0.2) is 205 Å². The van der Waals surface area contributed by atoms with Crippen molar-refractivity contribution in [3.05, 3.63) is 276 Å². The molecule has 2 aliphatic carbocycles. The van der Waals surface area contributed by atoms with Crippen LogP contribution in [0.3, 0.4) is 0 Å². The number of nitrogens with zero attached hydrogens (tertiary/aromatic N) is 6. The number of aldehydes is 1. The normalized spacial score (nSPS) is 13.5. The molecule has 0 bridgehead atoms. The summed E-state index contributed by atoms with van der Waals surface area (Å²) in [4.78, 5) is 83.2. The molecule has 5 heterocycles. The van der Waals surface area contributed by atoms with Crippen LogP contribution in [0.25, 0.3) is 11.1 Å². The van der Waals surface area contributed by atoms with E-state index in [4.69, 9.17) is 39.0 Å². The summed E-state index contributed by atoms with van der Waals surface area (Å²) in [7, 11) is 18.6. The number of nitrogens with one attached hydrogen (secondary N) is 2. The van der Waals surface area contributed by atoms with Gasteiger partial charge in [-0.2, -0.15) is 13.8 Å². The smallest absolute Gasteiger partial charge is 1.00 e. The molecule has 0 spiro atoms. The largest absolute Gasteiger partial charge is 2.00 e. The number of ketones is 2. The number of para-hydroxylation sites is 1. The predicted molar refractivity (Wildman–Crippen MR) is 550 cm³/mol. The van der Waals surface area contributed by atoms with Crippen molar-refractivity contribution in [1.82, 2.24) is 35.4 Å². The molecule has 4 aromatic heterocycles. The number of hydroxylamine groups is 3. The van der Waals surface area contributed by atoms with Gasteiger partial charge in [0.05, 0.1) is 45.2 Å². The number of hydrogen-bond donors (Lipinski definition) is 3. The van der Waals surface area contributed by atoms with E-state index in [2.05, 4.69) is 229 Å². The Morgan fingerprint density at radius 3 is 1.32 bits per heavy atom. The summed E-state index contributed by atoms with van der Waals surface area (Å²) in [6.07, 6.45) is 22.0. The van der Waals surface area contributed by atoms with Crippen LogP contribution in [0, 0.1) is 12.2 Å². The standard InChI is InChI=1S/C24H31P.C17H19BrN2.C11H14BrNO3.C9H8BrNO2.C8H17NO4.C8H11N.C7H8FN.C7H14O4.C5H3Br2N.C3H7.C2H7NO.ClH.Mg/c1-4-12-20(13-5-1)23-18-10-11-19-24(23)25(21-14-6-2-7-15-21)22-16-8-3-9-17-22;1-13(14-7-3-2-4-8-14)20-12-6-10-16(20)15-9-5-11-17(18)19-15;1-15-11(16-2)7-6-9(14)8-4-3-5-10(12)13-8;10-9-5-1-3-7(11-9)8(13)4-2-6-12;1-9(13-4)7(10)5-6-8(11-2)12-3;1-7(9)8-5-3-2-4-6-8;1-9-7-5-3-2-4-6(7)8;1-9-6(8)4-5-7(10-2)11-3;6-4-2-1-3-5(7)8-4;1-3-2;1-3-4-2;;/h1,4-5,10-13,18-19,21-22H,2-3,6-9,14-17H2;2-5,7-9,11,13,16H,6,10,12H2,1H3;3-5,11H,6-7H2,1-2H3;1,3,5-6H,2,4H2;8H,5-6H2,1-4H3;2-7H,9H2,1H3;2-5,9H,1H3;7H,4-5H2,1-3H3;1-3H;3H,1-2H3;3H,1-2H3;1H;/q;;;;;;;;;-1;;;+2/p-1/t;13-,16+;;;;7-;;;;;;;/m.1...1......./s1. The summed E-state index contributed by atoms with van der Waals surface area (Å²) < 4.78 is 50.5. The number of carbonyl (C=O) groups is 5. The minimum atomic E-state index is -0.337. The molecule has 1 saturated heterocycles. The van der Waals surface area contributed by atoms with Crippen LogP contribution >= 0.6 is 87.6 Å². The molecule has 3 atom stereocenters. The molecule has 4 N–H and O–H groups in total. The zero-order chi connectivity index (χ0) is 96.9. The van der Waals surface area contributed by atoms with E-state index >= 15 is 0 Å². The Kier molecular flexibility index (Phi) is 76.0. The van der Waals surface area contributed by atoms with Gasteiger partial charge in [-0.15, -0.1) is 0 Å². The Morgan fingerprint density at radius 1 is 0.519 bits per heavy atom. The van der Waals surface area contributed by atoms with Crippen LogP contribution in [0.2, 0.25) is 0 Å². The maximum atomic E-state index is 12.5. The second-order valence-electron chi connectivity index (χ2n) is 29.7. The van der Waals surface area contributed by atoms with Crippen LogP contribution < -0.4 is 34.2 Å². The molecular formula is C101H139Br5ClFMgN9O14P. The SMILES string of the molecule is Brc1cccc(Br)n1.CNOC.CNc1ccccc1F.COC(=O)CCC(OC)OC.COC(CCC(=O)N(C)OC)OC.COC(CCC(=O)c1cccc(Br)n1)OC.C[C@@H](N)c1ccccc1.C[C@H](c1ccccc1)N1CCC[C@H]1c1cccc(Br)n1.C[CH-]C.O=CCCC(=O)c1cccc(Br)n1.[Cl-].[Mg+2].c1ccc(-c2ccccc2P(C2CCCCC2)C2CCCCC2)cc1. The second kappa shape index (κ2) is 79.7. The van der Waals surface area contributed by atoms with Crippen molar-refractivity contribution in [2.75, 3.05) is 97.0 Å². The monoisotopic (exact) mass is 2210 g/mol. The minimum absolute atomic E-state index is 0. The Hall–Kier alpha value is -6.17. The van der Waals surface area contributed by atoms with E-state index in [1.54, 1.807) is 117 Å². The first-order valence-electron chi connectivity index (χ1n) is 43.9. The quantitative estimate of drug-likeness (QED) is 0.00419. The number of aromatic nitrogens is 4. The van der Waals surface area contributed by atoms with Gasteiger partial charge in [0.15, 0.2) is 30.4 Å².